The highest BCUT2D eigenvalue weighted by molar-refractivity contribution is 7.47. The Bertz CT molecular complexity index is 312. The van der Waals surface area contributed by atoms with Crippen LogP contribution in [0.4, 0.5) is 0 Å². The van der Waals surface area contributed by atoms with E-state index in [4.69, 9.17) is 4.89 Å². The van der Waals surface area contributed by atoms with Crippen molar-refractivity contribution in [2.45, 2.75) is 0 Å². The monoisotopic (exact) mass is 220 g/mol. The van der Waals surface area contributed by atoms with Crippen molar-refractivity contribution in [3.05, 3.63) is 30.3 Å². The third-order valence-electron chi connectivity index (χ3n) is 1.06. The van der Waals surface area contributed by atoms with E-state index in [2.05, 4.69) is 8.83 Å². The second kappa shape index (κ2) is 5.00. The summed E-state index contributed by atoms with van der Waals surface area (Å²) in [6, 6.07) is 8.23. The highest BCUT2D eigenvalue weighted by atomic mass is 31.2. The molecule has 0 bridgehead atoms. The molecule has 0 saturated carbocycles. The Labute approximate surface area is 76.2 Å². The summed E-state index contributed by atoms with van der Waals surface area (Å²) in [5.41, 5.74) is 0. The molecule has 1 rings (SSSR count). The molecule has 1 N–H and O–H groups in total. The lowest BCUT2D eigenvalue weighted by Gasteiger charge is -1.86. The van der Waals surface area contributed by atoms with E-state index in [-0.39, 0.29) is 0 Å². The van der Waals surface area contributed by atoms with Crippen LogP contribution in [0, 0.1) is 0 Å². The first-order chi connectivity index (χ1) is 6.18. The lowest BCUT2D eigenvalue weighted by Crippen LogP contribution is -1.80. The second-order valence-corrected chi connectivity index (χ2v) is 3.71. The van der Waals surface area contributed by atoms with Crippen LogP contribution in [-0.4, -0.2) is 4.89 Å². The molecule has 1 aromatic rings. The average molecular weight is 220 g/mol. The molecule has 0 saturated heterocycles. The molecule has 0 fully saturated rings. The van der Waals surface area contributed by atoms with E-state index in [1.54, 1.807) is 30.3 Å². The lowest BCUT2D eigenvalue weighted by atomic mass is 10.3. The molecule has 0 radical (unpaired) electrons. The maximum atomic E-state index is 10.8. The molecule has 2 atom stereocenters. The molecule has 1 aromatic carbocycles. The normalized spacial score (nSPS) is 12.1. The van der Waals surface area contributed by atoms with Gasteiger partial charge in [0.2, 0.25) is 0 Å². The van der Waals surface area contributed by atoms with E-state index in [0.717, 1.165) is 0 Å². The van der Waals surface area contributed by atoms with Crippen molar-refractivity contribution in [3.63, 3.8) is 0 Å². The first-order valence-corrected chi connectivity index (χ1v) is 5.45. The molecule has 0 amide bonds. The van der Waals surface area contributed by atoms with Crippen LogP contribution in [0.2, 0.25) is 0 Å². The van der Waals surface area contributed by atoms with Crippen LogP contribution in [0.3, 0.4) is 0 Å². The van der Waals surface area contributed by atoms with Gasteiger partial charge in [-0.3, -0.25) is 0 Å². The van der Waals surface area contributed by atoms with E-state index in [1.807, 2.05) is 0 Å². The summed E-state index contributed by atoms with van der Waals surface area (Å²) in [6.45, 7) is 0. The second-order valence-electron chi connectivity index (χ2n) is 1.95. The summed E-state index contributed by atoms with van der Waals surface area (Å²) in [6.07, 6.45) is 0. The van der Waals surface area contributed by atoms with Crippen LogP contribution in [0.25, 0.3) is 0 Å². The number of hydrogen-bond donors (Lipinski definition) is 1. The fraction of sp³-hybridized carbons (Fsp3) is 0. The van der Waals surface area contributed by atoms with Crippen LogP contribution in [-0.2, 0) is 13.4 Å². The van der Waals surface area contributed by atoms with E-state index in [9.17, 15) is 9.13 Å². The van der Waals surface area contributed by atoms with Crippen molar-refractivity contribution in [2.75, 3.05) is 0 Å². The van der Waals surface area contributed by atoms with E-state index in [0.29, 0.717) is 5.75 Å². The van der Waals surface area contributed by atoms with Gasteiger partial charge in [-0.15, -0.1) is 4.89 Å². The first kappa shape index (κ1) is 10.2. The Morgan fingerprint density at radius 2 is 1.77 bits per heavy atom. The SMILES string of the molecule is O=[P+](O)O[P+](=O)Oc1ccccc1. The Morgan fingerprint density at radius 3 is 2.31 bits per heavy atom. The van der Waals surface area contributed by atoms with Crippen LogP contribution in [0.15, 0.2) is 30.3 Å². The molecule has 0 aliphatic carbocycles. The fourth-order valence-electron chi connectivity index (χ4n) is 0.641. The third-order valence-corrected chi connectivity index (χ3v) is 2.51. The van der Waals surface area contributed by atoms with Crippen molar-refractivity contribution < 1.29 is 22.9 Å². The van der Waals surface area contributed by atoms with Crippen molar-refractivity contribution in [1.29, 1.82) is 0 Å². The predicted molar refractivity (Wildman–Crippen MR) is 45.6 cm³/mol. The van der Waals surface area contributed by atoms with Crippen molar-refractivity contribution in [2.24, 2.45) is 0 Å². The van der Waals surface area contributed by atoms with Gasteiger partial charge in [-0.2, -0.15) is 0 Å². The smallest absolute Gasteiger partial charge is 0.227 e. The minimum Gasteiger partial charge on any atom is -0.227 e. The van der Waals surface area contributed by atoms with Gasteiger partial charge >= 0.3 is 16.5 Å². The Morgan fingerprint density at radius 1 is 1.15 bits per heavy atom. The molecule has 68 valence electrons. The highest BCUT2D eigenvalue weighted by Crippen LogP contribution is 2.36. The molecule has 13 heavy (non-hydrogen) atoms. The number of benzene rings is 1. The molecule has 0 aliphatic rings. The molecule has 5 nitrogen and oxygen atoms in total. The highest BCUT2D eigenvalue weighted by Gasteiger charge is 2.37. The Balaban J connectivity index is 2.50. The molecular formula is C6H6O5P2+2. The summed E-state index contributed by atoms with van der Waals surface area (Å²) in [7, 11) is -5.47. The summed E-state index contributed by atoms with van der Waals surface area (Å²) in [5, 5.41) is 0. The average Bonchev–Trinajstić information content (AvgIpc) is 2.04. The van der Waals surface area contributed by atoms with E-state index in [1.165, 1.54) is 0 Å². The zero-order valence-electron chi connectivity index (χ0n) is 6.36. The van der Waals surface area contributed by atoms with Crippen molar-refractivity contribution >= 4 is 16.5 Å². The van der Waals surface area contributed by atoms with Crippen LogP contribution < -0.4 is 4.52 Å². The van der Waals surface area contributed by atoms with Gasteiger partial charge in [0.1, 0.15) is 0 Å². The zero-order chi connectivity index (χ0) is 9.68. The maximum absolute atomic E-state index is 10.8. The topological polar surface area (TPSA) is 72.8 Å². The quantitative estimate of drug-likeness (QED) is 0.788. The van der Waals surface area contributed by atoms with Gasteiger partial charge in [0.15, 0.2) is 10.1 Å². The standard InChI is InChI=1S/C6H5O5P2/c7-12(8)11-13(9)10-6-4-2-1-3-5-6/h1-5H/q+1/p+1. The minimum absolute atomic E-state index is 0.320. The molecule has 7 heteroatoms. The molecule has 0 aliphatic heterocycles. The number of rotatable bonds is 4. The first-order valence-electron chi connectivity index (χ1n) is 3.23. The van der Waals surface area contributed by atoms with E-state index < -0.39 is 16.5 Å². The summed E-state index contributed by atoms with van der Waals surface area (Å²) in [5.74, 6) is 0.320. The van der Waals surface area contributed by atoms with Crippen molar-refractivity contribution in [1.82, 2.24) is 0 Å². The zero-order valence-corrected chi connectivity index (χ0v) is 8.15. The van der Waals surface area contributed by atoms with Crippen LogP contribution >= 0.6 is 16.5 Å². The van der Waals surface area contributed by atoms with Gasteiger partial charge in [0.05, 0.1) is 0 Å². The van der Waals surface area contributed by atoms with Gasteiger partial charge < -0.3 is 0 Å². The van der Waals surface area contributed by atoms with Gasteiger partial charge in [-0.05, 0) is 12.1 Å². The predicted octanol–water partition coefficient (Wildman–Crippen LogP) is 2.39. The molecule has 0 heterocycles. The number of para-hydroxylation sites is 1. The number of hydrogen-bond acceptors (Lipinski definition) is 4. The van der Waals surface area contributed by atoms with Gasteiger partial charge in [-0.1, -0.05) is 18.2 Å². The largest absolute Gasteiger partial charge is 0.800 e. The van der Waals surface area contributed by atoms with Gasteiger partial charge in [0, 0.05) is 9.13 Å². The maximum Gasteiger partial charge on any atom is 0.800 e. The fourth-order valence-corrected chi connectivity index (χ4v) is 1.52. The van der Waals surface area contributed by atoms with Gasteiger partial charge in [-0.25, -0.2) is 4.52 Å². The third kappa shape index (κ3) is 4.06. The van der Waals surface area contributed by atoms with Gasteiger partial charge in [0.25, 0.3) is 0 Å². The summed E-state index contributed by atoms with van der Waals surface area (Å²) >= 11 is 0. The lowest BCUT2D eigenvalue weighted by molar-refractivity contribution is 0.375. The molecule has 0 spiro atoms. The Kier molecular flexibility index (Phi) is 3.93. The summed E-state index contributed by atoms with van der Waals surface area (Å²) in [4.78, 5) is 8.22. The Hall–Kier alpha value is -0.860. The van der Waals surface area contributed by atoms with Crippen LogP contribution in [0.5, 0.6) is 5.75 Å². The summed E-state index contributed by atoms with van der Waals surface area (Å²) < 4.78 is 29.5. The minimum atomic E-state index is -2.89. The molecular weight excluding hydrogens is 214 g/mol. The molecule has 2 unspecified atom stereocenters. The van der Waals surface area contributed by atoms with Crippen LogP contribution in [0.1, 0.15) is 0 Å². The van der Waals surface area contributed by atoms with Crippen molar-refractivity contribution in [3.8, 4) is 5.75 Å². The van der Waals surface area contributed by atoms with E-state index >= 15 is 0 Å². The molecule has 0 aromatic heterocycles.